The minimum absolute atomic E-state index is 0.0591. The monoisotopic (exact) mass is 403 g/mol. The summed E-state index contributed by atoms with van der Waals surface area (Å²) in [5.41, 5.74) is 2.51. The molecule has 2 heterocycles. The Balaban J connectivity index is 2.04. The smallest absolute Gasteiger partial charge is 0.277 e. The van der Waals surface area contributed by atoms with Crippen LogP contribution in [0.1, 0.15) is 5.56 Å². The molecular formula is C19H15Cl2N3OS. The predicted octanol–water partition coefficient (Wildman–Crippen LogP) is 4.97. The van der Waals surface area contributed by atoms with Crippen LogP contribution in [0.4, 0.5) is 0 Å². The van der Waals surface area contributed by atoms with Crippen molar-refractivity contribution < 1.29 is 0 Å². The first-order chi connectivity index (χ1) is 12.5. The molecule has 4 nitrogen and oxygen atoms in total. The second-order valence-electron chi connectivity index (χ2n) is 5.99. The highest BCUT2D eigenvalue weighted by Crippen LogP contribution is 2.32. The predicted molar refractivity (Wildman–Crippen MR) is 110 cm³/mol. The number of benzene rings is 2. The van der Waals surface area contributed by atoms with E-state index in [0.717, 1.165) is 16.5 Å². The van der Waals surface area contributed by atoms with E-state index in [4.69, 9.17) is 23.2 Å². The molecule has 7 heteroatoms. The van der Waals surface area contributed by atoms with E-state index in [-0.39, 0.29) is 5.56 Å². The Morgan fingerprint density at radius 3 is 2.54 bits per heavy atom. The molecule has 0 saturated heterocycles. The topological polar surface area (TPSA) is 39.8 Å². The number of nitrogens with zero attached hydrogens (tertiary/aromatic N) is 3. The normalized spacial score (nSPS) is 11.5. The van der Waals surface area contributed by atoms with Crippen LogP contribution in [0.3, 0.4) is 0 Å². The number of aryl methyl sites for hydroxylation is 1. The molecule has 0 fully saturated rings. The van der Waals surface area contributed by atoms with E-state index >= 15 is 0 Å². The first-order valence-electron chi connectivity index (χ1n) is 7.97. The van der Waals surface area contributed by atoms with Gasteiger partial charge in [0.05, 0.1) is 28.0 Å². The van der Waals surface area contributed by atoms with Gasteiger partial charge in [-0.15, -0.1) is 11.8 Å². The summed E-state index contributed by atoms with van der Waals surface area (Å²) in [6.45, 7) is 0.455. The third kappa shape index (κ3) is 2.71. The lowest BCUT2D eigenvalue weighted by atomic mass is 10.1. The Kier molecular flexibility index (Phi) is 4.47. The van der Waals surface area contributed by atoms with E-state index < -0.39 is 0 Å². The fourth-order valence-corrected chi connectivity index (χ4v) is 4.13. The van der Waals surface area contributed by atoms with Crippen molar-refractivity contribution in [3.63, 3.8) is 0 Å². The van der Waals surface area contributed by atoms with Crippen LogP contribution in [0, 0.1) is 0 Å². The largest absolute Gasteiger partial charge is 0.284 e. The zero-order valence-electron chi connectivity index (χ0n) is 14.2. The van der Waals surface area contributed by atoms with Crippen LogP contribution in [0.25, 0.3) is 21.8 Å². The Morgan fingerprint density at radius 1 is 1.12 bits per heavy atom. The number of rotatable bonds is 3. The minimum atomic E-state index is -0.0591. The molecule has 0 N–H and O–H groups in total. The summed E-state index contributed by atoms with van der Waals surface area (Å²) < 4.78 is 3.61. The van der Waals surface area contributed by atoms with Crippen LogP contribution in [-0.4, -0.2) is 20.6 Å². The Morgan fingerprint density at radius 2 is 1.85 bits per heavy atom. The molecule has 0 radical (unpaired) electrons. The molecule has 0 aliphatic heterocycles. The minimum Gasteiger partial charge on any atom is -0.284 e. The third-order valence-electron chi connectivity index (χ3n) is 4.48. The maximum absolute atomic E-state index is 13.2. The van der Waals surface area contributed by atoms with E-state index in [2.05, 4.69) is 4.98 Å². The van der Waals surface area contributed by atoms with Gasteiger partial charge in [0.15, 0.2) is 0 Å². The maximum Gasteiger partial charge on any atom is 0.277 e. The molecule has 0 bridgehead atoms. The van der Waals surface area contributed by atoms with E-state index in [1.807, 2.05) is 60.4 Å². The average molecular weight is 404 g/mol. The first-order valence-corrected chi connectivity index (χ1v) is 9.95. The average Bonchev–Trinajstić information content (AvgIpc) is 2.89. The highest BCUT2D eigenvalue weighted by molar-refractivity contribution is 7.98. The van der Waals surface area contributed by atoms with Gasteiger partial charge in [0.1, 0.15) is 5.03 Å². The van der Waals surface area contributed by atoms with Gasteiger partial charge in [-0.25, -0.2) is 9.67 Å². The first kappa shape index (κ1) is 17.5. The number of para-hydroxylation sites is 1. The molecule has 4 aromatic rings. The number of fused-ring (bicyclic) bond motifs is 3. The van der Waals surface area contributed by atoms with Crippen LogP contribution in [0.15, 0.2) is 52.3 Å². The molecule has 2 aromatic heterocycles. The summed E-state index contributed by atoms with van der Waals surface area (Å²) in [5, 5.41) is 3.45. The summed E-state index contributed by atoms with van der Waals surface area (Å²) in [7, 11) is 1.89. The van der Waals surface area contributed by atoms with Crippen molar-refractivity contribution in [3.8, 4) is 0 Å². The fraction of sp³-hybridized carbons (Fsp3) is 0.158. The highest BCUT2D eigenvalue weighted by Gasteiger charge is 2.19. The zero-order chi connectivity index (χ0) is 18.4. The van der Waals surface area contributed by atoms with Gasteiger partial charge in [0.25, 0.3) is 5.56 Å². The van der Waals surface area contributed by atoms with Crippen molar-refractivity contribution in [2.75, 3.05) is 6.26 Å². The standard InChI is InChI=1S/C19H15Cl2N3OS/c1-23-17-13-4-3-5-14(21)16(13)22-18(26-2)15(17)19(25)24(23)10-11-6-8-12(20)9-7-11/h3-9H,10H2,1-2H3. The Hall–Kier alpha value is -1.95. The van der Waals surface area contributed by atoms with Crippen LogP contribution < -0.4 is 5.56 Å². The highest BCUT2D eigenvalue weighted by atomic mass is 35.5. The molecule has 0 amide bonds. The van der Waals surface area contributed by atoms with E-state index in [9.17, 15) is 4.79 Å². The fourth-order valence-electron chi connectivity index (χ4n) is 3.22. The molecule has 0 saturated carbocycles. The molecule has 0 atom stereocenters. The van der Waals surface area contributed by atoms with Crippen molar-refractivity contribution in [2.24, 2.45) is 7.05 Å². The molecule has 0 spiro atoms. The van der Waals surface area contributed by atoms with Crippen LogP contribution in [0.5, 0.6) is 0 Å². The number of aromatic nitrogens is 3. The van der Waals surface area contributed by atoms with Crippen LogP contribution in [-0.2, 0) is 13.6 Å². The molecule has 0 aliphatic carbocycles. The van der Waals surface area contributed by atoms with Gasteiger partial charge in [-0.2, -0.15) is 0 Å². The SMILES string of the molecule is CSc1nc2c(Cl)cccc2c2c1c(=O)n(Cc1ccc(Cl)cc1)n2C. The Bertz CT molecular complexity index is 1200. The van der Waals surface area contributed by atoms with Crippen molar-refractivity contribution in [3.05, 3.63) is 68.4 Å². The number of pyridine rings is 1. The summed E-state index contributed by atoms with van der Waals surface area (Å²) >= 11 is 13.8. The van der Waals surface area contributed by atoms with Gasteiger partial charge >= 0.3 is 0 Å². The van der Waals surface area contributed by atoms with Gasteiger partial charge in [0, 0.05) is 17.5 Å². The van der Waals surface area contributed by atoms with Gasteiger partial charge < -0.3 is 0 Å². The third-order valence-corrected chi connectivity index (χ3v) is 5.72. The molecular weight excluding hydrogens is 389 g/mol. The van der Waals surface area contributed by atoms with E-state index in [1.165, 1.54) is 11.8 Å². The lowest BCUT2D eigenvalue weighted by Crippen LogP contribution is -2.22. The number of halogens is 2. The van der Waals surface area contributed by atoms with Gasteiger partial charge in [-0.05, 0) is 30.0 Å². The maximum atomic E-state index is 13.2. The quantitative estimate of drug-likeness (QED) is 0.453. The zero-order valence-corrected chi connectivity index (χ0v) is 16.5. The number of hydrogen-bond acceptors (Lipinski definition) is 3. The van der Waals surface area contributed by atoms with Crippen molar-refractivity contribution in [1.29, 1.82) is 0 Å². The van der Waals surface area contributed by atoms with Crippen molar-refractivity contribution in [1.82, 2.24) is 14.3 Å². The second kappa shape index (κ2) is 6.65. The molecule has 132 valence electrons. The van der Waals surface area contributed by atoms with E-state index in [0.29, 0.717) is 32.5 Å². The van der Waals surface area contributed by atoms with Crippen molar-refractivity contribution >= 4 is 56.8 Å². The van der Waals surface area contributed by atoms with Gasteiger partial charge in [0.2, 0.25) is 0 Å². The summed E-state index contributed by atoms with van der Waals surface area (Å²) in [6.07, 6.45) is 1.92. The summed E-state index contributed by atoms with van der Waals surface area (Å²) in [5.74, 6) is 0. The summed E-state index contributed by atoms with van der Waals surface area (Å²) in [6, 6.07) is 13.2. The number of hydrogen-bond donors (Lipinski definition) is 0. The van der Waals surface area contributed by atoms with Crippen LogP contribution >= 0.6 is 35.0 Å². The van der Waals surface area contributed by atoms with Gasteiger partial charge in [-0.3, -0.25) is 9.48 Å². The number of thioether (sulfide) groups is 1. The van der Waals surface area contributed by atoms with E-state index in [1.54, 1.807) is 4.68 Å². The lowest BCUT2D eigenvalue weighted by Gasteiger charge is -2.09. The second-order valence-corrected chi connectivity index (χ2v) is 7.63. The molecule has 4 rings (SSSR count). The molecule has 0 aliphatic rings. The summed E-state index contributed by atoms with van der Waals surface area (Å²) in [4.78, 5) is 17.8. The van der Waals surface area contributed by atoms with Crippen molar-refractivity contribution in [2.45, 2.75) is 11.6 Å². The molecule has 26 heavy (non-hydrogen) atoms. The van der Waals surface area contributed by atoms with Crippen LogP contribution in [0.2, 0.25) is 10.0 Å². The van der Waals surface area contributed by atoms with Gasteiger partial charge in [-0.1, -0.05) is 47.5 Å². The Labute approximate surface area is 164 Å². The molecule has 2 aromatic carbocycles. The lowest BCUT2D eigenvalue weighted by molar-refractivity contribution is 0.550. The molecule has 0 unspecified atom stereocenters.